The van der Waals surface area contributed by atoms with E-state index in [9.17, 15) is 0 Å². The average molecular weight is 481 g/mol. The molecule has 23 heavy (non-hydrogen) atoms. The van der Waals surface area contributed by atoms with Crippen molar-refractivity contribution in [2.24, 2.45) is 0 Å². The Balaban J connectivity index is 3.33. The number of hydrogen-bond donors (Lipinski definition) is 0. The molecule has 0 saturated heterocycles. The molecule has 0 unspecified atom stereocenters. The SMILES string of the molecule is CCCCCCCCCC[Te](Cl)(Cl)CCCCCCCCCC. The van der Waals surface area contributed by atoms with Gasteiger partial charge in [-0.1, -0.05) is 0 Å². The molecule has 0 rings (SSSR count). The molecule has 0 N–H and O–H groups in total. The molecule has 0 nitrogen and oxygen atoms in total. The van der Waals surface area contributed by atoms with Gasteiger partial charge in [-0.25, -0.2) is 0 Å². The Morgan fingerprint density at radius 1 is 0.435 bits per heavy atom. The van der Waals surface area contributed by atoms with Crippen molar-refractivity contribution in [2.75, 3.05) is 0 Å². The third kappa shape index (κ3) is 19.5. The topological polar surface area (TPSA) is 0 Å². The Bertz CT molecular complexity index is 210. The summed E-state index contributed by atoms with van der Waals surface area (Å²) >= 11 is -2.46. The molecule has 0 saturated carbocycles. The first-order valence-electron chi connectivity index (χ1n) is 10.3. The van der Waals surface area contributed by atoms with Gasteiger partial charge in [-0.05, 0) is 0 Å². The predicted molar refractivity (Wildman–Crippen MR) is 112 cm³/mol. The summed E-state index contributed by atoms with van der Waals surface area (Å²) in [5.74, 6) is 0. The van der Waals surface area contributed by atoms with Gasteiger partial charge in [-0.15, -0.1) is 0 Å². The summed E-state index contributed by atoms with van der Waals surface area (Å²) in [6, 6.07) is 0. The summed E-state index contributed by atoms with van der Waals surface area (Å²) in [5.41, 5.74) is 0. The summed E-state index contributed by atoms with van der Waals surface area (Å²) in [7, 11) is 13.3. The van der Waals surface area contributed by atoms with Gasteiger partial charge in [-0.2, -0.15) is 0 Å². The van der Waals surface area contributed by atoms with Crippen LogP contribution in [0.1, 0.15) is 117 Å². The van der Waals surface area contributed by atoms with E-state index in [2.05, 4.69) is 13.8 Å². The van der Waals surface area contributed by atoms with Crippen molar-refractivity contribution in [2.45, 2.75) is 126 Å². The molecule has 0 radical (unpaired) electrons. The first kappa shape index (κ1) is 24.4. The fraction of sp³-hybridized carbons (Fsp3) is 1.00. The summed E-state index contributed by atoms with van der Waals surface area (Å²) < 4.78 is 2.33. The van der Waals surface area contributed by atoms with Crippen LogP contribution in [0, 0.1) is 0 Å². The molecule has 0 amide bonds. The quantitative estimate of drug-likeness (QED) is 0.135. The minimum atomic E-state index is -2.46. The zero-order valence-electron chi connectivity index (χ0n) is 15.9. The van der Waals surface area contributed by atoms with E-state index in [1.807, 2.05) is 0 Å². The molecular formula is C20H42Cl2Te. The Morgan fingerprint density at radius 3 is 1.00 bits per heavy atom. The van der Waals surface area contributed by atoms with Crippen LogP contribution in [0.2, 0.25) is 8.94 Å². The van der Waals surface area contributed by atoms with Crippen molar-refractivity contribution in [3.8, 4) is 0 Å². The van der Waals surface area contributed by atoms with E-state index >= 15 is 0 Å². The standard InChI is InChI=1S/C20H42Cl2Te/c1-3-5-7-9-11-13-15-17-19-23(21,22)20-18-16-14-12-10-8-6-4-2/h3-20H2,1-2H3. The number of rotatable bonds is 18. The number of halogens is 2. The monoisotopic (exact) mass is 482 g/mol. The Labute approximate surface area is 158 Å². The van der Waals surface area contributed by atoms with Crippen molar-refractivity contribution in [1.29, 1.82) is 0 Å². The molecule has 142 valence electrons. The van der Waals surface area contributed by atoms with Crippen molar-refractivity contribution in [1.82, 2.24) is 0 Å². The van der Waals surface area contributed by atoms with Crippen LogP contribution in [-0.2, 0) is 0 Å². The normalized spacial score (nSPS) is 12.7. The number of unbranched alkanes of at least 4 members (excludes halogenated alkanes) is 14. The van der Waals surface area contributed by atoms with Gasteiger partial charge < -0.3 is 0 Å². The van der Waals surface area contributed by atoms with E-state index in [1.54, 1.807) is 0 Å². The van der Waals surface area contributed by atoms with Crippen molar-refractivity contribution in [3.05, 3.63) is 0 Å². The van der Waals surface area contributed by atoms with Gasteiger partial charge in [0, 0.05) is 0 Å². The molecule has 0 bridgehead atoms. The van der Waals surface area contributed by atoms with E-state index in [4.69, 9.17) is 17.9 Å². The Hall–Kier alpha value is 1.37. The molecule has 0 aromatic heterocycles. The predicted octanol–water partition coefficient (Wildman–Crippen LogP) is 9.19. The second kappa shape index (κ2) is 18.2. The fourth-order valence-electron chi connectivity index (χ4n) is 3.00. The second-order valence-corrected chi connectivity index (χ2v) is 22.4. The second-order valence-electron chi connectivity index (χ2n) is 7.06. The van der Waals surface area contributed by atoms with Crippen LogP contribution in [0.25, 0.3) is 0 Å². The van der Waals surface area contributed by atoms with E-state index < -0.39 is 15.9 Å². The first-order valence-corrected chi connectivity index (χ1v) is 19.5. The van der Waals surface area contributed by atoms with Crippen molar-refractivity contribution in [3.63, 3.8) is 0 Å². The molecule has 0 fully saturated rings. The third-order valence-corrected chi connectivity index (χ3v) is 13.8. The van der Waals surface area contributed by atoms with E-state index in [1.165, 1.54) is 103 Å². The van der Waals surface area contributed by atoms with E-state index in [-0.39, 0.29) is 0 Å². The fourth-order valence-corrected chi connectivity index (χ4v) is 10.1. The maximum atomic E-state index is 6.65. The van der Waals surface area contributed by atoms with E-state index in [0.29, 0.717) is 0 Å². The van der Waals surface area contributed by atoms with Gasteiger partial charge in [0.2, 0.25) is 0 Å². The van der Waals surface area contributed by atoms with Gasteiger partial charge in [0.1, 0.15) is 0 Å². The van der Waals surface area contributed by atoms with Crippen LogP contribution >= 0.6 is 17.9 Å². The zero-order valence-corrected chi connectivity index (χ0v) is 19.7. The van der Waals surface area contributed by atoms with Crippen molar-refractivity contribution >= 4 is 33.9 Å². The molecule has 0 aliphatic heterocycles. The minimum absolute atomic E-state index is 1.16. The van der Waals surface area contributed by atoms with Crippen LogP contribution < -0.4 is 0 Å². The molecular weight excluding hydrogens is 439 g/mol. The summed E-state index contributed by atoms with van der Waals surface area (Å²) in [6.07, 6.45) is 22.0. The summed E-state index contributed by atoms with van der Waals surface area (Å²) in [5, 5.41) is 0. The van der Waals surface area contributed by atoms with Gasteiger partial charge >= 0.3 is 159 Å². The van der Waals surface area contributed by atoms with Gasteiger partial charge in [0.05, 0.1) is 0 Å². The Morgan fingerprint density at radius 2 is 0.696 bits per heavy atom. The Kier molecular flexibility index (Phi) is 19.3. The van der Waals surface area contributed by atoms with Gasteiger partial charge in [0.15, 0.2) is 0 Å². The molecule has 0 atom stereocenters. The molecule has 0 aromatic rings. The van der Waals surface area contributed by atoms with Gasteiger partial charge in [0.25, 0.3) is 0 Å². The molecule has 3 heteroatoms. The third-order valence-electron chi connectivity index (χ3n) is 4.59. The first-order chi connectivity index (χ1) is 11.1. The summed E-state index contributed by atoms with van der Waals surface area (Å²) in [6.45, 7) is 4.55. The van der Waals surface area contributed by atoms with Crippen LogP contribution in [0.4, 0.5) is 0 Å². The van der Waals surface area contributed by atoms with E-state index in [0.717, 1.165) is 8.94 Å². The van der Waals surface area contributed by atoms with Crippen LogP contribution in [0.15, 0.2) is 0 Å². The summed E-state index contributed by atoms with van der Waals surface area (Å²) in [4.78, 5) is 0. The average Bonchev–Trinajstić information content (AvgIpc) is 2.52. The maximum absolute atomic E-state index is 6.65. The molecule has 0 aliphatic rings. The zero-order chi connectivity index (χ0) is 17.2. The molecule has 0 aromatic carbocycles. The van der Waals surface area contributed by atoms with Crippen LogP contribution in [0.3, 0.4) is 0 Å². The van der Waals surface area contributed by atoms with Crippen LogP contribution in [0.5, 0.6) is 0 Å². The number of hydrogen-bond acceptors (Lipinski definition) is 0. The molecule has 0 heterocycles. The van der Waals surface area contributed by atoms with Crippen molar-refractivity contribution < 1.29 is 0 Å². The molecule has 0 spiro atoms. The van der Waals surface area contributed by atoms with Gasteiger partial charge in [-0.3, -0.25) is 0 Å². The van der Waals surface area contributed by atoms with Crippen LogP contribution in [-0.4, -0.2) is 15.9 Å². The molecule has 0 aliphatic carbocycles.